The van der Waals surface area contributed by atoms with E-state index in [0.29, 0.717) is 6.04 Å². The van der Waals surface area contributed by atoms with E-state index in [1.54, 1.807) is 0 Å². The number of hydrogen-bond donors (Lipinski definition) is 0. The third kappa shape index (κ3) is 1.68. The Balaban J connectivity index is 1.82. The van der Waals surface area contributed by atoms with E-state index in [-0.39, 0.29) is 0 Å². The Morgan fingerprint density at radius 1 is 1.25 bits per heavy atom. The maximum atomic E-state index is 4.90. The first-order valence-electron chi connectivity index (χ1n) is 7.14. The standard InChI is InChI=1S/C16H18N4/c1-11-9-12(5-7-17-11)14-3-4-15-16(18-14)19(2)13-6-8-20(15)10-13/h3-5,7,9,13H,6,8,10H2,1-2H3. The Labute approximate surface area is 119 Å². The first kappa shape index (κ1) is 11.7. The number of rotatable bonds is 1. The van der Waals surface area contributed by atoms with E-state index in [2.05, 4.69) is 40.0 Å². The Kier molecular flexibility index (Phi) is 2.46. The summed E-state index contributed by atoms with van der Waals surface area (Å²) in [6.45, 7) is 4.30. The highest BCUT2D eigenvalue weighted by atomic mass is 15.3. The lowest BCUT2D eigenvalue weighted by Gasteiger charge is -2.34. The van der Waals surface area contributed by atoms with Crippen molar-refractivity contribution < 1.29 is 0 Å². The smallest absolute Gasteiger partial charge is 0.152 e. The molecule has 0 radical (unpaired) electrons. The summed E-state index contributed by atoms with van der Waals surface area (Å²) in [6, 6.07) is 9.07. The number of anilines is 2. The number of hydrogen-bond acceptors (Lipinski definition) is 4. The van der Waals surface area contributed by atoms with E-state index < -0.39 is 0 Å². The average Bonchev–Trinajstić information content (AvgIpc) is 2.91. The first-order chi connectivity index (χ1) is 9.72. The molecule has 0 aromatic carbocycles. The Bertz CT molecular complexity index is 667. The molecule has 4 nitrogen and oxygen atoms in total. The van der Waals surface area contributed by atoms with Gasteiger partial charge in [0.2, 0.25) is 0 Å². The Hall–Kier alpha value is -2.10. The fourth-order valence-electron chi connectivity index (χ4n) is 3.26. The van der Waals surface area contributed by atoms with Crippen LogP contribution in [-0.4, -0.2) is 36.1 Å². The maximum Gasteiger partial charge on any atom is 0.152 e. The van der Waals surface area contributed by atoms with E-state index >= 15 is 0 Å². The normalized spacial score (nSPS) is 20.2. The van der Waals surface area contributed by atoms with Crippen LogP contribution < -0.4 is 9.80 Å². The van der Waals surface area contributed by atoms with Crippen LogP contribution in [0.5, 0.6) is 0 Å². The highest BCUT2D eigenvalue weighted by Crippen LogP contribution is 2.38. The van der Waals surface area contributed by atoms with Gasteiger partial charge >= 0.3 is 0 Å². The van der Waals surface area contributed by atoms with Crippen LogP contribution in [0.15, 0.2) is 30.5 Å². The molecule has 1 fully saturated rings. The second kappa shape index (κ2) is 4.20. The fraction of sp³-hybridized carbons (Fsp3) is 0.375. The van der Waals surface area contributed by atoms with E-state index in [0.717, 1.165) is 35.9 Å². The molecule has 4 rings (SSSR count). The number of likely N-dealkylation sites (N-methyl/N-ethyl adjacent to an activating group) is 1. The molecule has 2 aliphatic rings. The zero-order valence-electron chi connectivity index (χ0n) is 11.9. The molecule has 4 heterocycles. The zero-order chi connectivity index (χ0) is 13.7. The molecule has 4 heteroatoms. The third-order valence-electron chi connectivity index (χ3n) is 4.43. The zero-order valence-corrected chi connectivity index (χ0v) is 11.9. The van der Waals surface area contributed by atoms with Crippen molar-refractivity contribution in [1.82, 2.24) is 9.97 Å². The van der Waals surface area contributed by atoms with Crippen molar-refractivity contribution in [2.45, 2.75) is 19.4 Å². The van der Waals surface area contributed by atoms with Gasteiger partial charge in [-0.15, -0.1) is 0 Å². The molecule has 20 heavy (non-hydrogen) atoms. The molecular formula is C16H18N4. The summed E-state index contributed by atoms with van der Waals surface area (Å²) in [5.74, 6) is 1.12. The van der Waals surface area contributed by atoms with Gasteiger partial charge in [0.05, 0.1) is 11.4 Å². The van der Waals surface area contributed by atoms with Gasteiger partial charge in [-0.25, -0.2) is 4.98 Å². The third-order valence-corrected chi connectivity index (χ3v) is 4.43. The summed E-state index contributed by atoms with van der Waals surface area (Å²) in [5, 5.41) is 0. The molecule has 1 saturated heterocycles. The van der Waals surface area contributed by atoms with E-state index in [4.69, 9.17) is 4.98 Å². The molecule has 0 N–H and O–H groups in total. The van der Waals surface area contributed by atoms with Gasteiger partial charge in [-0.1, -0.05) is 0 Å². The Morgan fingerprint density at radius 2 is 2.15 bits per heavy atom. The molecule has 1 unspecified atom stereocenters. The molecule has 0 spiro atoms. The van der Waals surface area contributed by atoms with Crippen LogP contribution in [0, 0.1) is 6.92 Å². The quantitative estimate of drug-likeness (QED) is 0.794. The van der Waals surface area contributed by atoms with Gasteiger partial charge in [-0.05, 0) is 37.6 Å². The van der Waals surface area contributed by atoms with Crippen LogP contribution in [-0.2, 0) is 0 Å². The average molecular weight is 266 g/mol. The lowest BCUT2D eigenvalue weighted by atomic mass is 10.1. The second-order valence-corrected chi connectivity index (χ2v) is 5.72. The first-order valence-corrected chi connectivity index (χ1v) is 7.14. The molecule has 0 amide bonds. The lowest BCUT2D eigenvalue weighted by molar-refractivity contribution is 0.673. The van der Waals surface area contributed by atoms with Gasteiger partial charge in [-0.3, -0.25) is 4.98 Å². The minimum Gasteiger partial charge on any atom is -0.366 e. The van der Waals surface area contributed by atoms with Crippen molar-refractivity contribution in [3.05, 3.63) is 36.2 Å². The minimum atomic E-state index is 0.615. The predicted molar refractivity (Wildman–Crippen MR) is 81.2 cm³/mol. The molecule has 2 aromatic heterocycles. The molecule has 2 bridgehead atoms. The molecule has 102 valence electrons. The van der Waals surface area contributed by atoms with E-state index in [9.17, 15) is 0 Å². The van der Waals surface area contributed by atoms with Crippen LogP contribution in [0.25, 0.3) is 11.3 Å². The van der Waals surface area contributed by atoms with Gasteiger partial charge in [0.25, 0.3) is 0 Å². The van der Waals surface area contributed by atoms with Crippen molar-refractivity contribution >= 4 is 11.5 Å². The summed E-state index contributed by atoms with van der Waals surface area (Å²) < 4.78 is 0. The van der Waals surface area contributed by atoms with Gasteiger partial charge in [0.1, 0.15) is 0 Å². The molecule has 2 aliphatic heterocycles. The SMILES string of the molecule is Cc1cc(-c2ccc3c(n2)N(C)C2CCN3C2)ccn1. The van der Waals surface area contributed by atoms with Gasteiger partial charge in [0.15, 0.2) is 5.82 Å². The van der Waals surface area contributed by atoms with Crippen molar-refractivity contribution in [3.63, 3.8) is 0 Å². The highest BCUT2D eigenvalue weighted by Gasteiger charge is 2.34. The van der Waals surface area contributed by atoms with Crippen LogP contribution in [0.4, 0.5) is 11.5 Å². The maximum absolute atomic E-state index is 4.90. The largest absolute Gasteiger partial charge is 0.366 e. The van der Waals surface area contributed by atoms with Gasteiger partial charge < -0.3 is 9.80 Å². The van der Waals surface area contributed by atoms with Gasteiger partial charge in [-0.2, -0.15) is 0 Å². The fourth-order valence-corrected chi connectivity index (χ4v) is 3.26. The predicted octanol–water partition coefficient (Wildman–Crippen LogP) is 2.48. The number of fused-ring (bicyclic) bond motifs is 4. The highest BCUT2D eigenvalue weighted by molar-refractivity contribution is 5.75. The van der Waals surface area contributed by atoms with Crippen LogP contribution in [0.2, 0.25) is 0 Å². The Morgan fingerprint density at radius 3 is 3.00 bits per heavy atom. The summed E-state index contributed by atoms with van der Waals surface area (Å²) in [5.41, 5.74) is 4.47. The molecule has 2 aromatic rings. The number of aryl methyl sites for hydroxylation is 1. The summed E-state index contributed by atoms with van der Waals surface area (Å²) >= 11 is 0. The topological polar surface area (TPSA) is 32.3 Å². The van der Waals surface area contributed by atoms with Crippen molar-refractivity contribution in [3.8, 4) is 11.3 Å². The lowest BCUT2D eigenvalue weighted by Crippen LogP contribution is -2.40. The second-order valence-electron chi connectivity index (χ2n) is 5.72. The van der Waals surface area contributed by atoms with Crippen LogP contribution in [0.3, 0.4) is 0 Å². The summed E-state index contributed by atoms with van der Waals surface area (Å²) in [4.78, 5) is 14.0. The molecular weight excluding hydrogens is 248 g/mol. The number of pyridine rings is 2. The molecule has 0 aliphatic carbocycles. The summed E-state index contributed by atoms with van der Waals surface area (Å²) in [6.07, 6.45) is 3.08. The number of nitrogens with zero attached hydrogens (tertiary/aromatic N) is 4. The van der Waals surface area contributed by atoms with E-state index in [1.165, 1.54) is 12.1 Å². The van der Waals surface area contributed by atoms with Crippen molar-refractivity contribution in [1.29, 1.82) is 0 Å². The van der Waals surface area contributed by atoms with Crippen molar-refractivity contribution in [2.75, 3.05) is 29.9 Å². The summed E-state index contributed by atoms with van der Waals surface area (Å²) in [7, 11) is 2.17. The van der Waals surface area contributed by atoms with Crippen LogP contribution in [0.1, 0.15) is 12.1 Å². The monoisotopic (exact) mass is 266 g/mol. The number of aromatic nitrogens is 2. The van der Waals surface area contributed by atoms with Crippen molar-refractivity contribution in [2.24, 2.45) is 0 Å². The molecule has 1 atom stereocenters. The van der Waals surface area contributed by atoms with Crippen LogP contribution >= 0.6 is 0 Å². The van der Waals surface area contributed by atoms with E-state index in [1.807, 2.05) is 19.2 Å². The molecule has 0 saturated carbocycles. The van der Waals surface area contributed by atoms with Gasteiger partial charge in [0, 0.05) is 43.6 Å². The minimum absolute atomic E-state index is 0.615.